The Morgan fingerprint density at radius 1 is 0.867 bits per heavy atom. The summed E-state index contributed by atoms with van der Waals surface area (Å²) in [5.74, 6) is -0.167. The van der Waals surface area contributed by atoms with Crippen molar-refractivity contribution in [3.63, 3.8) is 0 Å². The summed E-state index contributed by atoms with van der Waals surface area (Å²) in [4.78, 5) is 26.5. The number of thioether (sulfide) groups is 1. The Balaban J connectivity index is 1.37. The molecule has 30 heavy (non-hydrogen) atoms. The van der Waals surface area contributed by atoms with Gasteiger partial charge in [0.2, 0.25) is 5.91 Å². The van der Waals surface area contributed by atoms with Gasteiger partial charge in [0, 0.05) is 21.7 Å². The number of amides is 2. The quantitative estimate of drug-likeness (QED) is 0.353. The zero-order valence-electron chi connectivity index (χ0n) is 16.3. The van der Waals surface area contributed by atoms with Crippen LogP contribution in [-0.2, 0) is 4.79 Å². The predicted octanol–water partition coefficient (Wildman–Crippen LogP) is 6.27. The minimum Gasteiger partial charge on any atom is -0.325 e. The van der Waals surface area contributed by atoms with Gasteiger partial charge in [0.1, 0.15) is 0 Å². The van der Waals surface area contributed by atoms with Gasteiger partial charge in [-0.25, -0.2) is 0 Å². The van der Waals surface area contributed by atoms with Gasteiger partial charge < -0.3 is 10.6 Å². The summed E-state index contributed by atoms with van der Waals surface area (Å²) in [5, 5.41) is 9.65. The lowest BCUT2D eigenvalue weighted by Gasteiger charge is -2.14. The number of rotatable bonds is 6. The van der Waals surface area contributed by atoms with E-state index < -0.39 is 0 Å². The molecule has 0 radical (unpaired) electrons. The summed E-state index contributed by atoms with van der Waals surface area (Å²) < 4.78 is 0. The lowest BCUT2D eigenvalue weighted by Crippen LogP contribution is -2.22. The topological polar surface area (TPSA) is 58.2 Å². The van der Waals surface area contributed by atoms with Crippen LogP contribution >= 0.6 is 23.1 Å². The third kappa shape index (κ3) is 4.72. The van der Waals surface area contributed by atoms with Crippen LogP contribution in [0.3, 0.4) is 0 Å². The van der Waals surface area contributed by atoms with E-state index in [4.69, 9.17) is 0 Å². The van der Waals surface area contributed by atoms with Gasteiger partial charge in [-0.05, 0) is 54.1 Å². The molecule has 0 saturated heterocycles. The van der Waals surface area contributed by atoms with E-state index in [0.29, 0.717) is 4.88 Å². The number of fused-ring (bicyclic) bond motifs is 1. The van der Waals surface area contributed by atoms with Crippen LogP contribution in [0.4, 0.5) is 11.4 Å². The van der Waals surface area contributed by atoms with Crippen LogP contribution in [0, 0.1) is 0 Å². The second-order valence-electron chi connectivity index (χ2n) is 6.73. The van der Waals surface area contributed by atoms with E-state index in [9.17, 15) is 9.59 Å². The molecule has 0 aliphatic heterocycles. The molecule has 3 aromatic carbocycles. The lowest BCUT2D eigenvalue weighted by atomic mass is 10.1. The van der Waals surface area contributed by atoms with Gasteiger partial charge in [0.15, 0.2) is 0 Å². The Morgan fingerprint density at radius 2 is 1.63 bits per heavy atom. The van der Waals surface area contributed by atoms with Gasteiger partial charge in [-0.1, -0.05) is 42.5 Å². The first kappa shape index (κ1) is 20.2. The highest BCUT2D eigenvalue weighted by Crippen LogP contribution is 2.28. The standard InChI is InChI=1S/C24H20N2O2S2/c1-16(23(27)26-21-9-4-7-17-6-2-3-8-20(17)21)30-19-13-11-18(12-14-19)25-24(28)22-10-5-15-29-22/h2-16H,1H3,(H,25,28)(H,26,27). The molecular weight excluding hydrogens is 412 g/mol. The Morgan fingerprint density at radius 3 is 2.40 bits per heavy atom. The van der Waals surface area contributed by atoms with E-state index in [-0.39, 0.29) is 17.1 Å². The number of carbonyl (C=O) groups is 2. The molecule has 2 amide bonds. The van der Waals surface area contributed by atoms with Gasteiger partial charge in [-0.15, -0.1) is 23.1 Å². The number of benzene rings is 3. The third-order valence-corrected chi connectivity index (χ3v) is 6.57. The molecule has 4 nitrogen and oxygen atoms in total. The summed E-state index contributed by atoms with van der Waals surface area (Å²) in [5.41, 5.74) is 1.54. The van der Waals surface area contributed by atoms with Crippen LogP contribution in [0.2, 0.25) is 0 Å². The van der Waals surface area contributed by atoms with Gasteiger partial charge in [0.25, 0.3) is 5.91 Å². The molecule has 4 rings (SSSR count). The first-order valence-electron chi connectivity index (χ1n) is 9.50. The molecule has 150 valence electrons. The molecule has 0 bridgehead atoms. The van der Waals surface area contributed by atoms with Crippen molar-refractivity contribution in [3.05, 3.63) is 89.1 Å². The maximum atomic E-state index is 12.7. The zero-order chi connectivity index (χ0) is 20.9. The molecule has 1 atom stereocenters. The number of thiophene rings is 1. The molecule has 0 aliphatic rings. The second kappa shape index (κ2) is 9.15. The Bertz CT molecular complexity index is 1170. The normalized spacial score (nSPS) is 11.8. The highest BCUT2D eigenvalue weighted by atomic mass is 32.2. The molecule has 1 heterocycles. The molecule has 1 unspecified atom stereocenters. The average molecular weight is 433 g/mol. The summed E-state index contributed by atoms with van der Waals surface area (Å²) >= 11 is 2.88. The van der Waals surface area contributed by atoms with Gasteiger partial charge in [-0.2, -0.15) is 0 Å². The fraction of sp³-hybridized carbons (Fsp3) is 0.0833. The largest absolute Gasteiger partial charge is 0.325 e. The van der Waals surface area contributed by atoms with Crippen molar-refractivity contribution in [3.8, 4) is 0 Å². The van der Waals surface area contributed by atoms with Crippen LogP contribution < -0.4 is 10.6 Å². The minimum absolute atomic E-state index is 0.0496. The van der Waals surface area contributed by atoms with Crippen molar-refractivity contribution >= 4 is 57.1 Å². The van der Waals surface area contributed by atoms with Crippen LogP contribution in [0.1, 0.15) is 16.6 Å². The second-order valence-corrected chi connectivity index (χ2v) is 9.09. The first-order valence-corrected chi connectivity index (χ1v) is 11.3. The summed E-state index contributed by atoms with van der Waals surface area (Å²) in [6.45, 7) is 1.89. The van der Waals surface area contributed by atoms with E-state index in [1.807, 2.05) is 85.1 Å². The summed E-state index contributed by atoms with van der Waals surface area (Å²) in [7, 11) is 0. The SMILES string of the molecule is CC(Sc1ccc(NC(=O)c2cccs2)cc1)C(=O)Nc1cccc2ccccc12. The molecular formula is C24H20N2O2S2. The van der Waals surface area contributed by atoms with Crippen molar-refractivity contribution in [1.29, 1.82) is 0 Å². The van der Waals surface area contributed by atoms with E-state index in [1.54, 1.807) is 6.07 Å². The van der Waals surface area contributed by atoms with E-state index in [1.165, 1.54) is 23.1 Å². The van der Waals surface area contributed by atoms with Crippen molar-refractivity contribution in [2.24, 2.45) is 0 Å². The smallest absolute Gasteiger partial charge is 0.265 e. The fourth-order valence-electron chi connectivity index (χ4n) is 3.04. The highest BCUT2D eigenvalue weighted by molar-refractivity contribution is 8.00. The number of hydrogen-bond donors (Lipinski definition) is 2. The predicted molar refractivity (Wildman–Crippen MR) is 127 cm³/mol. The van der Waals surface area contributed by atoms with E-state index in [0.717, 1.165) is 27.0 Å². The molecule has 2 N–H and O–H groups in total. The molecule has 0 fully saturated rings. The zero-order valence-corrected chi connectivity index (χ0v) is 17.9. The van der Waals surface area contributed by atoms with Gasteiger partial charge in [0.05, 0.1) is 10.1 Å². The molecule has 1 aromatic heterocycles. The third-order valence-electron chi connectivity index (χ3n) is 4.59. The lowest BCUT2D eigenvalue weighted by molar-refractivity contribution is -0.115. The van der Waals surface area contributed by atoms with Crippen LogP contribution in [-0.4, -0.2) is 17.1 Å². The van der Waals surface area contributed by atoms with Gasteiger partial charge in [-0.3, -0.25) is 9.59 Å². The van der Waals surface area contributed by atoms with E-state index in [2.05, 4.69) is 10.6 Å². The number of hydrogen-bond acceptors (Lipinski definition) is 4. The highest BCUT2D eigenvalue weighted by Gasteiger charge is 2.16. The molecule has 0 aliphatic carbocycles. The Hall–Kier alpha value is -3.09. The fourth-order valence-corrected chi connectivity index (χ4v) is 4.53. The molecule has 4 aromatic rings. The molecule has 0 spiro atoms. The van der Waals surface area contributed by atoms with E-state index >= 15 is 0 Å². The maximum absolute atomic E-state index is 12.7. The Labute approximate surface area is 183 Å². The summed E-state index contributed by atoms with van der Waals surface area (Å²) in [6.07, 6.45) is 0. The van der Waals surface area contributed by atoms with Crippen molar-refractivity contribution in [2.45, 2.75) is 17.1 Å². The average Bonchev–Trinajstić information content (AvgIpc) is 3.30. The van der Waals surface area contributed by atoms with Crippen molar-refractivity contribution < 1.29 is 9.59 Å². The number of carbonyl (C=O) groups excluding carboxylic acids is 2. The van der Waals surface area contributed by atoms with Gasteiger partial charge >= 0.3 is 0 Å². The monoisotopic (exact) mass is 432 g/mol. The van der Waals surface area contributed by atoms with Crippen LogP contribution in [0.15, 0.2) is 89.1 Å². The van der Waals surface area contributed by atoms with Crippen molar-refractivity contribution in [2.75, 3.05) is 10.6 Å². The minimum atomic E-state index is -0.268. The summed E-state index contributed by atoms with van der Waals surface area (Å²) in [6, 6.07) is 25.1. The van der Waals surface area contributed by atoms with Crippen molar-refractivity contribution in [1.82, 2.24) is 0 Å². The number of nitrogens with one attached hydrogen (secondary N) is 2. The molecule has 6 heteroatoms. The van der Waals surface area contributed by atoms with Crippen LogP contribution in [0.5, 0.6) is 0 Å². The maximum Gasteiger partial charge on any atom is 0.265 e. The molecule has 0 saturated carbocycles. The Kier molecular flexibility index (Phi) is 6.16. The first-order chi connectivity index (χ1) is 14.6. The van der Waals surface area contributed by atoms with Crippen LogP contribution in [0.25, 0.3) is 10.8 Å². The number of anilines is 2.